The molecule has 2 nitrogen and oxygen atoms in total. The van der Waals surface area contributed by atoms with E-state index in [1.54, 1.807) is 0 Å². The molecule has 4 rings (SSSR count). The fourth-order valence-electron chi connectivity index (χ4n) is 3.36. The fourth-order valence-corrected chi connectivity index (χ4v) is 6.91. The molecule has 0 atom stereocenters. The van der Waals surface area contributed by atoms with Gasteiger partial charge in [0.25, 0.3) is 0 Å². The molecule has 166 valence electrons. The van der Waals surface area contributed by atoms with Crippen LogP contribution in [0.2, 0.25) is 0 Å². The predicted octanol–water partition coefficient (Wildman–Crippen LogP) is 6.06. The lowest BCUT2D eigenvalue weighted by molar-refractivity contribution is 0.344. The average Bonchev–Trinajstić information content (AvgIpc) is 2.89. The minimum atomic E-state index is -0.881. The molecule has 0 heterocycles. The molecule has 0 radical (unpaired) electrons. The quantitative estimate of drug-likeness (QED) is 0.196. The van der Waals surface area contributed by atoms with Crippen LogP contribution in [0.15, 0.2) is 133 Å². The summed E-state index contributed by atoms with van der Waals surface area (Å²) in [6.45, 7) is 5.41. The number of benzene rings is 4. The highest BCUT2D eigenvalue weighted by Gasteiger charge is 2.17. The van der Waals surface area contributed by atoms with Gasteiger partial charge in [0.15, 0.2) is 0 Å². The van der Waals surface area contributed by atoms with Crippen LogP contribution in [-0.2, 0) is 9.05 Å². The smallest absolute Gasteiger partial charge is 0.0922 e. The first-order chi connectivity index (χ1) is 16.3. The molecule has 4 heteroatoms. The molecular formula is C29H28O2P2. The molecule has 0 amide bonds. The molecule has 0 spiro atoms. The van der Waals surface area contributed by atoms with Gasteiger partial charge in [-0.15, -0.1) is 0 Å². The molecule has 0 aliphatic heterocycles. The van der Waals surface area contributed by atoms with Crippen molar-refractivity contribution in [2.75, 3.05) is 13.2 Å². The van der Waals surface area contributed by atoms with Crippen molar-refractivity contribution in [2.45, 2.75) is 6.42 Å². The highest BCUT2D eigenvalue weighted by Crippen LogP contribution is 2.37. The lowest BCUT2D eigenvalue weighted by atomic mass is 10.2. The van der Waals surface area contributed by atoms with Gasteiger partial charge in [-0.2, -0.15) is 0 Å². The molecule has 0 aromatic heterocycles. The van der Waals surface area contributed by atoms with E-state index < -0.39 is 16.3 Å². The summed E-state index contributed by atoms with van der Waals surface area (Å²) in [5, 5.41) is 4.85. The summed E-state index contributed by atoms with van der Waals surface area (Å²) in [6.07, 6.45) is 0.769. The first-order valence-corrected chi connectivity index (χ1v) is 13.6. The Hall–Kier alpha value is -2.60. The van der Waals surface area contributed by atoms with Crippen molar-refractivity contribution in [2.24, 2.45) is 0 Å². The summed E-state index contributed by atoms with van der Waals surface area (Å²) < 4.78 is 12.8. The maximum Gasteiger partial charge on any atom is 0.0922 e. The van der Waals surface area contributed by atoms with E-state index >= 15 is 0 Å². The van der Waals surface area contributed by atoms with E-state index in [-0.39, 0.29) is 0 Å². The second-order valence-corrected chi connectivity index (χ2v) is 11.3. The number of hydrogen-bond donors (Lipinski definition) is 0. The normalized spacial score (nSPS) is 11.1. The topological polar surface area (TPSA) is 18.5 Å². The third-order valence-corrected chi connectivity index (χ3v) is 8.93. The Morgan fingerprint density at radius 2 is 0.848 bits per heavy atom. The summed E-state index contributed by atoms with van der Waals surface area (Å²) in [6, 6.07) is 41.8. The second kappa shape index (κ2) is 12.6. The molecule has 4 aromatic rings. The molecule has 0 unspecified atom stereocenters. The fraction of sp³-hybridized carbons (Fsp3) is 0.103. The van der Waals surface area contributed by atoms with Gasteiger partial charge < -0.3 is 9.05 Å². The zero-order valence-corrected chi connectivity index (χ0v) is 20.4. The zero-order chi connectivity index (χ0) is 22.7. The average molecular weight is 470 g/mol. The molecule has 0 saturated heterocycles. The minimum Gasteiger partial charge on any atom is -0.349 e. The Morgan fingerprint density at radius 3 is 1.21 bits per heavy atom. The van der Waals surface area contributed by atoms with Crippen LogP contribution >= 0.6 is 16.3 Å². The Kier molecular flexibility index (Phi) is 8.99. The summed E-state index contributed by atoms with van der Waals surface area (Å²) in [5.41, 5.74) is 1.05. The van der Waals surface area contributed by atoms with Crippen LogP contribution in [-0.4, -0.2) is 13.2 Å². The van der Waals surface area contributed by atoms with Crippen LogP contribution in [0.4, 0.5) is 0 Å². The zero-order valence-electron chi connectivity index (χ0n) is 18.6. The molecule has 0 fully saturated rings. The second-order valence-electron chi connectivity index (χ2n) is 7.54. The predicted molar refractivity (Wildman–Crippen MR) is 144 cm³/mol. The Morgan fingerprint density at radius 1 is 0.515 bits per heavy atom. The minimum absolute atomic E-state index is 0.521. The van der Waals surface area contributed by atoms with E-state index in [1.165, 1.54) is 21.2 Å². The summed E-state index contributed by atoms with van der Waals surface area (Å²) >= 11 is 0. The van der Waals surface area contributed by atoms with Gasteiger partial charge >= 0.3 is 0 Å². The number of rotatable bonds is 11. The lowest BCUT2D eigenvalue weighted by Crippen LogP contribution is -2.15. The van der Waals surface area contributed by atoms with Crippen molar-refractivity contribution in [3.8, 4) is 0 Å². The van der Waals surface area contributed by atoms with E-state index in [9.17, 15) is 0 Å². The van der Waals surface area contributed by atoms with Gasteiger partial charge in [-0.3, -0.25) is 0 Å². The SMILES string of the molecule is C=C(CCOP(c1ccccc1)c1ccccc1)COP(c1ccccc1)c1ccccc1. The van der Waals surface area contributed by atoms with Gasteiger partial charge in [0.2, 0.25) is 0 Å². The van der Waals surface area contributed by atoms with E-state index in [0.717, 1.165) is 12.0 Å². The highest BCUT2D eigenvalue weighted by molar-refractivity contribution is 7.68. The third-order valence-electron chi connectivity index (χ3n) is 5.04. The van der Waals surface area contributed by atoms with Crippen molar-refractivity contribution in [1.82, 2.24) is 0 Å². The maximum atomic E-state index is 6.42. The van der Waals surface area contributed by atoms with E-state index in [0.29, 0.717) is 13.2 Å². The van der Waals surface area contributed by atoms with Crippen molar-refractivity contribution in [3.63, 3.8) is 0 Å². The van der Waals surface area contributed by atoms with E-state index in [4.69, 9.17) is 9.05 Å². The van der Waals surface area contributed by atoms with Gasteiger partial charge in [0, 0.05) is 21.2 Å². The summed E-state index contributed by atoms with van der Waals surface area (Å²) in [4.78, 5) is 0. The number of hydrogen-bond acceptors (Lipinski definition) is 2. The first kappa shape index (κ1) is 23.6. The Labute approximate surface area is 199 Å². The molecule has 0 aliphatic rings. The lowest BCUT2D eigenvalue weighted by Gasteiger charge is -2.21. The molecule has 0 aliphatic carbocycles. The summed E-state index contributed by atoms with van der Waals surface area (Å²) in [7, 11) is -1.73. The largest absolute Gasteiger partial charge is 0.349 e. The van der Waals surface area contributed by atoms with Crippen molar-refractivity contribution >= 4 is 37.5 Å². The molecule has 0 bridgehead atoms. The van der Waals surface area contributed by atoms with Gasteiger partial charge in [-0.05, 0) is 12.0 Å². The van der Waals surface area contributed by atoms with Gasteiger partial charge in [0.1, 0.15) is 0 Å². The standard InChI is InChI=1S/C29H28O2P2/c1-25(24-31-33(28-18-10-4-11-19-28)29-20-12-5-13-21-29)22-23-30-32(26-14-6-2-7-15-26)27-16-8-3-9-17-27/h2-21H,1,22-24H2. The first-order valence-electron chi connectivity index (χ1n) is 11.0. The molecule has 0 N–H and O–H groups in total. The van der Waals surface area contributed by atoms with Crippen molar-refractivity contribution in [3.05, 3.63) is 133 Å². The Bertz CT molecular complexity index is 1020. The maximum absolute atomic E-state index is 6.42. The van der Waals surface area contributed by atoms with Crippen molar-refractivity contribution in [1.29, 1.82) is 0 Å². The summed E-state index contributed by atoms with van der Waals surface area (Å²) in [5.74, 6) is 0. The van der Waals surface area contributed by atoms with Crippen LogP contribution < -0.4 is 21.2 Å². The van der Waals surface area contributed by atoms with Crippen LogP contribution in [0.25, 0.3) is 0 Å². The molecule has 4 aromatic carbocycles. The van der Waals surface area contributed by atoms with E-state index in [1.807, 2.05) is 24.3 Å². The van der Waals surface area contributed by atoms with Crippen LogP contribution in [0.3, 0.4) is 0 Å². The van der Waals surface area contributed by atoms with Crippen LogP contribution in [0.5, 0.6) is 0 Å². The van der Waals surface area contributed by atoms with Gasteiger partial charge in [0.05, 0.1) is 29.5 Å². The van der Waals surface area contributed by atoms with Crippen LogP contribution in [0.1, 0.15) is 6.42 Å². The molecular weight excluding hydrogens is 442 g/mol. The molecule has 0 saturated carbocycles. The van der Waals surface area contributed by atoms with Crippen molar-refractivity contribution < 1.29 is 9.05 Å². The van der Waals surface area contributed by atoms with Crippen LogP contribution in [0, 0.1) is 0 Å². The monoisotopic (exact) mass is 470 g/mol. The highest BCUT2D eigenvalue weighted by atomic mass is 31.1. The van der Waals surface area contributed by atoms with E-state index in [2.05, 4.69) is 104 Å². The molecule has 33 heavy (non-hydrogen) atoms. The van der Waals surface area contributed by atoms with Gasteiger partial charge in [-0.25, -0.2) is 0 Å². The third kappa shape index (κ3) is 6.94. The van der Waals surface area contributed by atoms with Gasteiger partial charge in [-0.1, -0.05) is 128 Å². The Balaban J connectivity index is 1.36.